The Morgan fingerprint density at radius 1 is 1.24 bits per heavy atom. The minimum atomic E-state index is 0.0411. The van der Waals surface area contributed by atoms with Crippen molar-refractivity contribution in [1.82, 2.24) is 4.90 Å². The molecule has 0 aliphatic rings. The quantitative estimate of drug-likeness (QED) is 0.674. The van der Waals surface area contributed by atoms with Crippen molar-refractivity contribution in [2.75, 3.05) is 26.3 Å². The van der Waals surface area contributed by atoms with Crippen molar-refractivity contribution in [3.8, 4) is 5.75 Å². The van der Waals surface area contributed by atoms with Gasteiger partial charge in [-0.2, -0.15) is 0 Å². The molecule has 1 N–H and O–H groups in total. The summed E-state index contributed by atoms with van der Waals surface area (Å²) in [5, 5.41) is 9.22. The van der Waals surface area contributed by atoms with Crippen molar-refractivity contribution >= 4 is 5.78 Å². The number of carbonyl (C=O) groups is 1. The standard InChI is InChI=1S/C17H27NO3/c1-4-14(5-2)18(11-12-19)13-16(20)15-9-7-8-10-17(15)21-6-3/h7-10,14,19H,4-6,11-13H2,1-3H3. The molecule has 0 heterocycles. The molecule has 0 aliphatic carbocycles. The Morgan fingerprint density at radius 3 is 2.48 bits per heavy atom. The zero-order valence-electron chi connectivity index (χ0n) is 13.3. The number of ether oxygens (including phenoxy) is 1. The first kappa shape index (κ1) is 17.7. The summed E-state index contributed by atoms with van der Waals surface area (Å²) in [5.74, 6) is 0.679. The van der Waals surface area contributed by atoms with E-state index < -0.39 is 0 Å². The topological polar surface area (TPSA) is 49.8 Å². The van der Waals surface area contributed by atoms with Crippen LogP contribution in [0.25, 0.3) is 0 Å². The van der Waals surface area contributed by atoms with Crippen LogP contribution in [0.2, 0.25) is 0 Å². The number of nitrogens with zero attached hydrogens (tertiary/aromatic N) is 1. The maximum atomic E-state index is 12.6. The van der Waals surface area contributed by atoms with E-state index in [0.29, 0.717) is 37.1 Å². The van der Waals surface area contributed by atoms with Gasteiger partial charge in [0, 0.05) is 12.6 Å². The number of rotatable bonds is 10. The summed E-state index contributed by atoms with van der Waals surface area (Å²) in [6.07, 6.45) is 1.94. The Morgan fingerprint density at radius 2 is 1.90 bits per heavy atom. The summed E-state index contributed by atoms with van der Waals surface area (Å²) in [7, 11) is 0. The predicted molar refractivity (Wildman–Crippen MR) is 85.0 cm³/mol. The number of aliphatic hydroxyl groups is 1. The van der Waals surface area contributed by atoms with Crippen LogP contribution >= 0.6 is 0 Å². The lowest BCUT2D eigenvalue weighted by atomic mass is 10.1. The molecule has 0 radical (unpaired) electrons. The van der Waals surface area contributed by atoms with Gasteiger partial charge in [0.25, 0.3) is 0 Å². The lowest BCUT2D eigenvalue weighted by Gasteiger charge is -2.29. The van der Waals surface area contributed by atoms with Gasteiger partial charge < -0.3 is 9.84 Å². The Hall–Kier alpha value is -1.39. The van der Waals surface area contributed by atoms with E-state index in [1.54, 1.807) is 6.07 Å². The zero-order valence-corrected chi connectivity index (χ0v) is 13.3. The smallest absolute Gasteiger partial charge is 0.180 e. The fourth-order valence-corrected chi connectivity index (χ4v) is 2.57. The molecule has 4 nitrogen and oxygen atoms in total. The average molecular weight is 293 g/mol. The molecule has 0 saturated carbocycles. The van der Waals surface area contributed by atoms with E-state index in [1.165, 1.54) is 0 Å². The lowest BCUT2D eigenvalue weighted by molar-refractivity contribution is 0.0847. The maximum absolute atomic E-state index is 12.6. The van der Waals surface area contributed by atoms with Crippen molar-refractivity contribution in [1.29, 1.82) is 0 Å². The van der Waals surface area contributed by atoms with Crippen LogP contribution in [0.15, 0.2) is 24.3 Å². The van der Waals surface area contributed by atoms with Gasteiger partial charge in [-0.25, -0.2) is 0 Å². The number of hydrogen-bond donors (Lipinski definition) is 1. The van der Waals surface area contributed by atoms with E-state index in [4.69, 9.17) is 4.74 Å². The van der Waals surface area contributed by atoms with Crippen LogP contribution < -0.4 is 4.74 Å². The second kappa shape index (κ2) is 9.53. The van der Waals surface area contributed by atoms with E-state index in [-0.39, 0.29) is 12.4 Å². The number of aliphatic hydroxyl groups excluding tert-OH is 1. The maximum Gasteiger partial charge on any atom is 0.180 e. The number of Topliss-reactive ketones (excluding diaryl/α,β-unsaturated/α-hetero) is 1. The highest BCUT2D eigenvalue weighted by atomic mass is 16.5. The molecule has 0 atom stereocenters. The lowest BCUT2D eigenvalue weighted by Crippen LogP contribution is -2.40. The molecule has 21 heavy (non-hydrogen) atoms. The van der Waals surface area contributed by atoms with Crippen molar-refractivity contribution in [2.45, 2.75) is 39.7 Å². The third-order valence-corrected chi connectivity index (χ3v) is 3.68. The van der Waals surface area contributed by atoms with E-state index >= 15 is 0 Å². The van der Waals surface area contributed by atoms with Crippen LogP contribution in [0.5, 0.6) is 5.75 Å². The van der Waals surface area contributed by atoms with Gasteiger partial charge in [-0.1, -0.05) is 26.0 Å². The molecule has 1 aromatic carbocycles. The number of para-hydroxylation sites is 1. The molecular formula is C17H27NO3. The second-order valence-electron chi connectivity index (χ2n) is 5.02. The van der Waals surface area contributed by atoms with Gasteiger partial charge in [0.1, 0.15) is 5.75 Å². The van der Waals surface area contributed by atoms with Crippen LogP contribution in [0.3, 0.4) is 0 Å². The average Bonchev–Trinajstić information content (AvgIpc) is 2.49. The Bertz CT molecular complexity index is 430. The first-order valence-corrected chi connectivity index (χ1v) is 7.77. The first-order chi connectivity index (χ1) is 10.2. The Balaban J connectivity index is 2.86. The molecule has 0 aromatic heterocycles. The largest absolute Gasteiger partial charge is 0.493 e. The zero-order chi connectivity index (χ0) is 15.7. The summed E-state index contributed by atoms with van der Waals surface area (Å²) in [6, 6.07) is 7.67. The van der Waals surface area contributed by atoms with Crippen LogP contribution in [0.1, 0.15) is 44.0 Å². The highest BCUT2D eigenvalue weighted by molar-refractivity contribution is 6.00. The molecule has 0 spiro atoms. The molecule has 0 fully saturated rings. The third kappa shape index (κ3) is 5.14. The highest BCUT2D eigenvalue weighted by Crippen LogP contribution is 2.20. The van der Waals surface area contributed by atoms with Crippen molar-refractivity contribution in [3.63, 3.8) is 0 Å². The molecule has 0 bridgehead atoms. The summed E-state index contributed by atoms with van der Waals surface area (Å²) in [5.41, 5.74) is 0.619. The molecule has 0 unspecified atom stereocenters. The summed E-state index contributed by atoms with van der Waals surface area (Å²) < 4.78 is 5.52. The SMILES string of the molecule is CCOc1ccccc1C(=O)CN(CCO)C(CC)CC. The van der Waals surface area contributed by atoms with Crippen molar-refractivity contribution in [2.24, 2.45) is 0 Å². The van der Waals surface area contributed by atoms with E-state index in [0.717, 1.165) is 12.8 Å². The molecular weight excluding hydrogens is 266 g/mol. The fraction of sp³-hybridized carbons (Fsp3) is 0.588. The minimum absolute atomic E-state index is 0.0411. The molecule has 118 valence electrons. The number of hydrogen-bond acceptors (Lipinski definition) is 4. The number of carbonyl (C=O) groups excluding carboxylic acids is 1. The summed E-state index contributed by atoms with van der Waals surface area (Å²) in [6.45, 7) is 7.57. The van der Waals surface area contributed by atoms with Gasteiger partial charge in [-0.15, -0.1) is 0 Å². The molecule has 0 amide bonds. The van der Waals surface area contributed by atoms with E-state index in [1.807, 2.05) is 25.1 Å². The van der Waals surface area contributed by atoms with Crippen LogP contribution in [-0.2, 0) is 0 Å². The summed E-state index contributed by atoms with van der Waals surface area (Å²) in [4.78, 5) is 14.6. The van der Waals surface area contributed by atoms with Crippen LogP contribution in [0.4, 0.5) is 0 Å². The van der Waals surface area contributed by atoms with Crippen molar-refractivity contribution < 1.29 is 14.6 Å². The highest BCUT2D eigenvalue weighted by Gasteiger charge is 2.20. The van der Waals surface area contributed by atoms with Gasteiger partial charge >= 0.3 is 0 Å². The second-order valence-corrected chi connectivity index (χ2v) is 5.02. The molecule has 4 heteroatoms. The predicted octanol–water partition coefficient (Wildman–Crippen LogP) is 2.75. The van der Waals surface area contributed by atoms with Gasteiger partial charge in [0.2, 0.25) is 0 Å². The first-order valence-electron chi connectivity index (χ1n) is 7.77. The minimum Gasteiger partial charge on any atom is -0.493 e. The molecule has 1 aromatic rings. The molecule has 0 aliphatic heterocycles. The van der Waals surface area contributed by atoms with E-state index in [9.17, 15) is 9.90 Å². The van der Waals surface area contributed by atoms with Crippen LogP contribution in [-0.4, -0.2) is 48.1 Å². The van der Waals surface area contributed by atoms with Gasteiger partial charge in [-0.05, 0) is 31.9 Å². The number of ketones is 1. The van der Waals surface area contributed by atoms with Crippen molar-refractivity contribution in [3.05, 3.63) is 29.8 Å². The molecule has 1 rings (SSSR count). The normalized spacial score (nSPS) is 11.1. The van der Waals surface area contributed by atoms with Gasteiger partial charge in [-0.3, -0.25) is 9.69 Å². The van der Waals surface area contributed by atoms with Gasteiger partial charge in [0.05, 0.1) is 25.3 Å². The fourth-order valence-electron chi connectivity index (χ4n) is 2.57. The van der Waals surface area contributed by atoms with E-state index in [2.05, 4.69) is 18.7 Å². The Labute approximate surface area is 127 Å². The third-order valence-electron chi connectivity index (χ3n) is 3.68. The summed E-state index contributed by atoms with van der Waals surface area (Å²) >= 11 is 0. The Kier molecular flexibility index (Phi) is 8.01. The molecule has 0 saturated heterocycles. The monoisotopic (exact) mass is 293 g/mol. The van der Waals surface area contributed by atoms with Crippen LogP contribution in [0, 0.1) is 0 Å². The number of benzene rings is 1. The van der Waals surface area contributed by atoms with Gasteiger partial charge in [0.15, 0.2) is 5.78 Å².